The van der Waals surface area contributed by atoms with E-state index < -0.39 is 0 Å². The monoisotopic (exact) mass is 433 g/mol. The highest BCUT2D eigenvalue weighted by molar-refractivity contribution is 5.00. The molecule has 31 heavy (non-hydrogen) atoms. The Morgan fingerprint density at radius 1 is 1.00 bits per heavy atom. The van der Waals surface area contributed by atoms with Gasteiger partial charge in [0.15, 0.2) is 0 Å². The van der Waals surface area contributed by atoms with E-state index in [9.17, 15) is 0 Å². The van der Waals surface area contributed by atoms with Crippen LogP contribution in [0.25, 0.3) is 0 Å². The van der Waals surface area contributed by atoms with E-state index in [1.807, 2.05) is 0 Å². The first kappa shape index (κ1) is 27.2. The molecule has 1 saturated heterocycles. The highest BCUT2D eigenvalue weighted by atomic mass is 15.0. The minimum Gasteiger partial charge on any atom is -0.311 e. The summed E-state index contributed by atoms with van der Waals surface area (Å²) >= 11 is 0. The number of hydrogen-bond donors (Lipinski definition) is 1. The van der Waals surface area contributed by atoms with Crippen molar-refractivity contribution >= 4 is 0 Å². The van der Waals surface area contributed by atoms with E-state index in [2.05, 4.69) is 74.6 Å². The zero-order valence-corrected chi connectivity index (χ0v) is 23.1. The van der Waals surface area contributed by atoms with Crippen LogP contribution < -0.4 is 5.32 Å². The minimum atomic E-state index is 0.445. The van der Waals surface area contributed by atoms with Crippen LogP contribution in [0.4, 0.5) is 0 Å². The van der Waals surface area contributed by atoms with Gasteiger partial charge in [-0.1, -0.05) is 81.6 Å². The molecular weight excluding hydrogens is 374 g/mol. The van der Waals surface area contributed by atoms with Crippen molar-refractivity contribution < 1.29 is 0 Å². The van der Waals surface area contributed by atoms with E-state index in [4.69, 9.17) is 0 Å². The van der Waals surface area contributed by atoms with Crippen molar-refractivity contribution in [1.82, 2.24) is 5.32 Å². The topological polar surface area (TPSA) is 12.0 Å². The van der Waals surface area contributed by atoms with Crippen LogP contribution in [0, 0.1) is 52.8 Å². The first-order valence-corrected chi connectivity index (χ1v) is 14.3. The molecule has 0 bridgehead atoms. The van der Waals surface area contributed by atoms with Crippen LogP contribution >= 0.6 is 0 Å². The second-order valence-electron chi connectivity index (χ2n) is 13.1. The second kappa shape index (κ2) is 11.9. The summed E-state index contributed by atoms with van der Waals surface area (Å²) in [5, 5.41) is 4.22. The quantitative estimate of drug-likeness (QED) is 0.402. The van der Waals surface area contributed by atoms with Crippen LogP contribution in [0.1, 0.15) is 127 Å². The Bertz CT molecular complexity index is 513. The fourth-order valence-electron chi connectivity index (χ4n) is 8.08. The fourth-order valence-corrected chi connectivity index (χ4v) is 8.08. The van der Waals surface area contributed by atoms with Crippen LogP contribution in [0.15, 0.2) is 0 Å². The Kier molecular flexibility index (Phi) is 10.4. The van der Waals surface area contributed by atoms with Gasteiger partial charge < -0.3 is 5.32 Å². The molecule has 0 aromatic rings. The van der Waals surface area contributed by atoms with Gasteiger partial charge in [0.2, 0.25) is 0 Å². The standard InChI is InChI=1S/C30H59N/c1-11-26(16-20(3)4)22(6)18-28-23(7)19-30(10,27-15-13-14-21(5)17-27)29(12-2)31-25(9)24(28)8/h20-29,31H,11-19H2,1-10H3. The molecule has 1 heterocycles. The first-order chi connectivity index (χ1) is 14.5. The minimum absolute atomic E-state index is 0.445. The molecule has 0 aromatic heterocycles. The summed E-state index contributed by atoms with van der Waals surface area (Å²) in [6.07, 6.45) is 12.7. The lowest BCUT2D eigenvalue weighted by Crippen LogP contribution is -2.56. The SMILES string of the molecule is CCC(CC(C)C)C(C)CC1C(C)CC(C)(C2CCCC(C)C2)C(CC)NC(C)C1C. The largest absolute Gasteiger partial charge is 0.311 e. The summed E-state index contributed by atoms with van der Waals surface area (Å²) in [4.78, 5) is 0. The third-order valence-corrected chi connectivity index (χ3v) is 10.2. The molecule has 10 unspecified atom stereocenters. The molecule has 2 fully saturated rings. The number of nitrogens with one attached hydrogen (secondary N) is 1. The molecule has 10 atom stereocenters. The first-order valence-electron chi connectivity index (χ1n) is 14.3. The van der Waals surface area contributed by atoms with Gasteiger partial charge >= 0.3 is 0 Å². The molecule has 1 saturated carbocycles. The van der Waals surface area contributed by atoms with Gasteiger partial charge in [-0.2, -0.15) is 0 Å². The van der Waals surface area contributed by atoms with E-state index in [0.29, 0.717) is 17.5 Å². The van der Waals surface area contributed by atoms with E-state index in [-0.39, 0.29) is 0 Å². The van der Waals surface area contributed by atoms with Gasteiger partial charge in [-0.05, 0) is 98.2 Å². The third kappa shape index (κ3) is 6.74. The van der Waals surface area contributed by atoms with Gasteiger partial charge in [-0.3, -0.25) is 0 Å². The molecule has 1 nitrogen and oxygen atoms in total. The Labute approximate surface area is 197 Å². The smallest absolute Gasteiger partial charge is 0.0124 e. The molecule has 2 rings (SSSR count). The van der Waals surface area contributed by atoms with Crippen LogP contribution in [-0.4, -0.2) is 12.1 Å². The molecule has 1 N–H and O–H groups in total. The molecule has 0 amide bonds. The Morgan fingerprint density at radius 3 is 2.23 bits per heavy atom. The van der Waals surface area contributed by atoms with Gasteiger partial charge in [0, 0.05) is 12.1 Å². The summed E-state index contributed by atoms with van der Waals surface area (Å²) in [6.45, 7) is 25.1. The Morgan fingerprint density at radius 2 is 1.68 bits per heavy atom. The van der Waals surface area contributed by atoms with Gasteiger partial charge in [0.25, 0.3) is 0 Å². The molecule has 0 spiro atoms. The molecule has 184 valence electrons. The van der Waals surface area contributed by atoms with Gasteiger partial charge in [0.1, 0.15) is 0 Å². The summed E-state index contributed by atoms with van der Waals surface area (Å²) in [7, 11) is 0. The zero-order chi connectivity index (χ0) is 23.3. The maximum Gasteiger partial charge on any atom is 0.0124 e. The Balaban J connectivity index is 2.26. The third-order valence-electron chi connectivity index (χ3n) is 10.2. The maximum absolute atomic E-state index is 4.22. The summed E-state index contributed by atoms with van der Waals surface area (Å²) in [5.41, 5.74) is 0.445. The molecular formula is C30H59N. The van der Waals surface area contributed by atoms with Gasteiger partial charge in [-0.25, -0.2) is 0 Å². The van der Waals surface area contributed by atoms with E-state index in [1.54, 1.807) is 0 Å². The molecule has 1 aliphatic carbocycles. The average molecular weight is 434 g/mol. The summed E-state index contributed by atoms with van der Waals surface area (Å²) in [6, 6.07) is 1.29. The predicted octanol–water partition coefficient (Wildman–Crippen LogP) is 8.97. The van der Waals surface area contributed by atoms with E-state index in [1.165, 1.54) is 57.8 Å². The number of rotatable bonds is 8. The predicted molar refractivity (Wildman–Crippen MR) is 139 cm³/mol. The molecule has 1 aliphatic heterocycles. The molecule has 1 heteroatoms. The number of hydrogen-bond acceptors (Lipinski definition) is 1. The van der Waals surface area contributed by atoms with E-state index in [0.717, 1.165) is 47.3 Å². The maximum atomic E-state index is 4.22. The lowest BCUT2D eigenvalue weighted by atomic mass is 9.57. The van der Waals surface area contributed by atoms with Crippen LogP contribution in [0.5, 0.6) is 0 Å². The van der Waals surface area contributed by atoms with Crippen molar-refractivity contribution in [2.45, 2.75) is 139 Å². The van der Waals surface area contributed by atoms with Crippen LogP contribution in [0.3, 0.4) is 0 Å². The molecule has 0 radical (unpaired) electrons. The lowest BCUT2D eigenvalue weighted by molar-refractivity contribution is -0.00556. The second-order valence-corrected chi connectivity index (χ2v) is 13.1. The highest BCUT2D eigenvalue weighted by Crippen LogP contribution is 2.51. The summed E-state index contributed by atoms with van der Waals surface area (Å²) in [5.74, 6) is 6.81. The molecule has 0 aromatic carbocycles. The highest BCUT2D eigenvalue weighted by Gasteiger charge is 2.47. The zero-order valence-electron chi connectivity index (χ0n) is 23.1. The van der Waals surface area contributed by atoms with Crippen molar-refractivity contribution in [3.8, 4) is 0 Å². The van der Waals surface area contributed by atoms with Gasteiger partial charge in [-0.15, -0.1) is 0 Å². The molecule has 2 aliphatic rings. The Hall–Kier alpha value is -0.0400. The van der Waals surface area contributed by atoms with Crippen molar-refractivity contribution in [1.29, 1.82) is 0 Å². The van der Waals surface area contributed by atoms with E-state index >= 15 is 0 Å². The van der Waals surface area contributed by atoms with Gasteiger partial charge in [0.05, 0.1) is 0 Å². The van der Waals surface area contributed by atoms with Crippen molar-refractivity contribution in [2.24, 2.45) is 52.8 Å². The average Bonchev–Trinajstić information content (AvgIpc) is 2.72. The fraction of sp³-hybridized carbons (Fsp3) is 1.00. The van der Waals surface area contributed by atoms with Crippen molar-refractivity contribution in [3.05, 3.63) is 0 Å². The van der Waals surface area contributed by atoms with Crippen LogP contribution in [-0.2, 0) is 0 Å². The van der Waals surface area contributed by atoms with Crippen LogP contribution in [0.2, 0.25) is 0 Å². The lowest BCUT2D eigenvalue weighted by Gasteiger charge is -2.53. The summed E-state index contributed by atoms with van der Waals surface area (Å²) < 4.78 is 0. The van der Waals surface area contributed by atoms with Crippen molar-refractivity contribution in [3.63, 3.8) is 0 Å². The normalized spacial score (nSPS) is 42.1. The van der Waals surface area contributed by atoms with Crippen molar-refractivity contribution in [2.75, 3.05) is 0 Å².